The van der Waals surface area contributed by atoms with Crippen molar-refractivity contribution in [3.05, 3.63) is 89.6 Å². The Labute approximate surface area is 164 Å². The fourth-order valence-corrected chi connectivity index (χ4v) is 3.10. The van der Waals surface area contributed by atoms with Gasteiger partial charge in [0.1, 0.15) is 12.4 Å². The van der Waals surface area contributed by atoms with E-state index in [1.807, 2.05) is 54.6 Å². The van der Waals surface area contributed by atoms with Crippen molar-refractivity contribution in [2.24, 2.45) is 0 Å². The molecule has 3 N–H and O–H groups in total. The Morgan fingerprint density at radius 1 is 1.18 bits per heavy atom. The van der Waals surface area contributed by atoms with Crippen molar-refractivity contribution in [3.8, 4) is 5.75 Å². The van der Waals surface area contributed by atoms with E-state index in [9.17, 15) is 9.59 Å². The summed E-state index contributed by atoms with van der Waals surface area (Å²) in [5.41, 5.74) is 2.67. The van der Waals surface area contributed by atoms with Gasteiger partial charge >= 0.3 is 6.03 Å². The smallest absolute Gasteiger partial charge is 0.319 e. The minimum Gasteiger partial charge on any atom is -0.489 e. The Bertz CT molecular complexity index is 906. The zero-order chi connectivity index (χ0) is 19.9. The molecule has 1 atom stereocenters. The number of carbonyl (C=O) groups excluding carboxylic acids is 2. The lowest BCUT2D eigenvalue weighted by Crippen LogP contribution is -2.47. The summed E-state index contributed by atoms with van der Waals surface area (Å²) in [6.45, 7) is 6.10. The number of rotatable bonds is 7. The van der Waals surface area contributed by atoms with Crippen LogP contribution in [0.3, 0.4) is 0 Å². The van der Waals surface area contributed by atoms with E-state index in [0.29, 0.717) is 35.7 Å². The summed E-state index contributed by atoms with van der Waals surface area (Å²) < 4.78 is 5.72. The molecule has 0 aromatic heterocycles. The average Bonchev–Trinajstić information content (AvgIpc) is 2.71. The Hall–Kier alpha value is -3.54. The van der Waals surface area contributed by atoms with Crippen molar-refractivity contribution in [3.63, 3.8) is 0 Å². The monoisotopic (exact) mass is 377 g/mol. The molecule has 3 amide bonds. The summed E-state index contributed by atoms with van der Waals surface area (Å²) >= 11 is 0. The number of carbonyl (C=O) groups is 2. The molecular formula is C22H23N3O3. The number of nitrogens with one attached hydrogen (secondary N) is 3. The predicted octanol–water partition coefficient (Wildman–Crippen LogP) is 3.20. The Kier molecular flexibility index (Phi) is 6.11. The second-order valence-electron chi connectivity index (χ2n) is 6.38. The highest BCUT2D eigenvalue weighted by Gasteiger charge is 2.32. The van der Waals surface area contributed by atoms with E-state index >= 15 is 0 Å². The second kappa shape index (κ2) is 8.90. The lowest BCUT2D eigenvalue weighted by Gasteiger charge is -2.29. The summed E-state index contributed by atoms with van der Waals surface area (Å²) in [4.78, 5) is 25.1. The molecule has 28 heavy (non-hydrogen) atoms. The Balaban J connectivity index is 1.89. The number of ether oxygens (including phenoxy) is 1. The third kappa shape index (κ3) is 4.40. The van der Waals surface area contributed by atoms with Gasteiger partial charge in [-0.1, -0.05) is 61.2 Å². The molecular weight excluding hydrogens is 354 g/mol. The van der Waals surface area contributed by atoms with E-state index in [1.54, 1.807) is 13.0 Å². The molecule has 0 aliphatic carbocycles. The van der Waals surface area contributed by atoms with Gasteiger partial charge in [-0.2, -0.15) is 0 Å². The first-order chi connectivity index (χ1) is 13.6. The van der Waals surface area contributed by atoms with Crippen molar-refractivity contribution >= 4 is 11.9 Å². The van der Waals surface area contributed by atoms with Crippen molar-refractivity contribution < 1.29 is 14.3 Å². The van der Waals surface area contributed by atoms with E-state index in [2.05, 4.69) is 22.5 Å². The largest absolute Gasteiger partial charge is 0.489 e. The summed E-state index contributed by atoms with van der Waals surface area (Å²) in [6, 6.07) is 16.0. The van der Waals surface area contributed by atoms with Crippen molar-refractivity contribution in [1.82, 2.24) is 16.0 Å². The second-order valence-corrected chi connectivity index (χ2v) is 6.38. The molecule has 0 saturated carbocycles. The van der Waals surface area contributed by atoms with Crippen LogP contribution in [0.5, 0.6) is 5.75 Å². The zero-order valence-electron chi connectivity index (χ0n) is 15.7. The van der Waals surface area contributed by atoms with Gasteiger partial charge in [0.25, 0.3) is 5.91 Å². The SMILES string of the molecule is C=CCOc1ccccc1[C@@H]1NC(=O)NC(C)=C1C(=O)NCc1ccccc1. The quantitative estimate of drug-likeness (QED) is 0.649. The van der Waals surface area contributed by atoms with Crippen LogP contribution in [-0.2, 0) is 11.3 Å². The summed E-state index contributed by atoms with van der Waals surface area (Å²) in [5, 5.41) is 8.45. The summed E-state index contributed by atoms with van der Waals surface area (Å²) in [5.74, 6) is 0.341. The topological polar surface area (TPSA) is 79.5 Å². The van der Waals surface area contributed by atoms with E-state index in [-0.39, 0.29) is 11.9 Å². The Morgan fingerprint density at radius 3 is 2.64 bits per heavy atom. The molecule has 0 saturated heterocycles. The number of benzene rings is 2. The van der Waals surface area contributed by atoms with Crippen LogP contribution in [0, 0.1) is 0 Å². The van der Waals surface area contributed by atoms with Crippen LogP contribution < -0.4 is 20.7 Å². The highest BCUT2D eigenvalue weighted by atomic mass is 16.5. The number of para-hydroxylation sites is 1. The molecule has 0 spiro atoms. The van der Waals surface area contributed by atoms with Gasteiger partial charge in [0.2, 0.25) is 0 Å². The zero-order valence-corrected chi connectivity index (χ0v) is 15.7. The van der Waals surface area contributed by atoms with Gasteiger partial charge in [-0.05, 0) is 18.6 Å². The van der Waals surface area contributed by atoms with Crippen LogP contribution in [0.1, 0.15) is 24.1 Å². The molecule has 2 aromatic rings. The molecule has 2 aromatic carbocycles. The number of amides is 3. The molecule has 0 unspecified atom stereocenters. The molecule has 6 heteroatoms. The highest BCUT2D eigenvalue weighted by Crippen LogP contribution is 2.33. The first kappa shape index (κ1) is 19.2. The fraction of sp³-hybridized carbons (Fsp3) is 0.182. The van der Waals surface area contributed by atoms with Gasteiger partial charge in [0.05, 0.1) is 11.6 Å². The van der Waals surface area contributed by atoms with E-state index in [4.69, 9.17) is 4.74 Å². The number of urea groups is 1. The third-order valence-electron chi connectivity index (χ3n) is 4.40. The van der Waals surface area contributed by atoms with Crippen LogP contribution in [0.25, 0.3) is 0 Å². The third-order valence-corrected chi connectivity index (χ3v) is 4.40. The van der Waals surface area contributed by atoms with Gasteiger partial charge in [-0.3, -0.25) is 4.79 Å². The van der Waals surface area contributed by atoms with Crippen LogP contribution >= 0.6 is 0 Å². The first-order valence-corrected chi connectivity index (χ1v) is 9.03. The lowest BCUT2D eigenvalue weighted by atomic mass is 9.94. The van der Waals surface area contributed by atoms with Crippen LogP contribution in [0.2, 0.25) is 0 Å². The predicted molar refractivity (Wildman–Crippen MR) is 108 cm³/mol. The normalized spacial score (nSPS) is 16.0. The van der Waals surface area contributed by atoms with Crippen molar-refractivity contribution in [1.29, 1.82) is 0 Å². The first-order valence-electron chi connectivity index (χ1n) is 9.03. The van der Waals surface area contributed by atoms with E-state index < -0.39 is 6.04 Å². The molecule has 6 nitrogen and oxygen atoms in total. The lowest BCUT2D eigenvalue weighted by molar-refractivity contribution is -0.118. The highest BCUT2D eigenvalue weighted by molar-refractivity contribution is 5.98. The molecule has 0 radical (unpaired) electrons. The maximum Gasteiger partial charge on any atom is 0.319 e. The molecule has 144 valence electrons. The van der Waals surface area contributed by atoms with Gasteiger partial charge in [0, 0.05) is 17.8 Å². The minimum absolute atomic E-state index is 0.252. The standard InChI is InChI=1S/C22H23N3O3/c1-3-13-28-18-12-8-7-11-17(18)20-19(15(2)24-22(27)25-20)21(26)23-14-16-9-5-4-6-10-16/h3-12,20H,1,13-14H2,2H3,(H,23,26)(H2,24,25,27)/t20-/m0/s1. The molecule has 1 heterocycles. The fourth-order valence-electron chi connectivity index (χ4n) is 3.10. The number of allylic oxidation sites excluding steroid dienone is 1. The minimum atomic E-state index is -0.620. The van der Waals surface area contributed by atoms with Gasteiger partial charge in [-0.25, -0.2) is 4.79 Å². The van der Waals surface area contributed by atoms with Gasteiger partial charge in [0.15, 0.2) is 0 Å². The number of hydrogen-bond donors (Lipinski definition) is 3. The Morgan fingerprint density at radius 2 is 1.89 bits per heavy atom. The van der Waals surface area contributed by atoms with Gasteiger partial charge < -0.3 is 20.7 Å². The van der Waals surface area contributed by atoms with Crippen LogP contribution in [-0.4, -0.2) is 18.5 Å². The van der Waals surface area contributed by atoms with Crippen molar-refractivity contribution in [2.45, 2.75) is 19.5 Å². The summed E-state index contributed by atoms with van der Waals surface area (Å²) in [6.07, 6.45) is 1.65. The molecule has 0 bridgehead atoms. The van der Waals surface area contributed by atoms with E-state index in [0.717, 1.165) is 5.56 Å². The average molecular weight is 377 g/mol. The van der Waals surface area contributed by atoms with Crippen LogP contribution in [0.15, 0.2) is 78.5 Å². The molecule has 1 aliphatic heterocycles. The molecule has 1 aliphatic rings. The summed E-state index contributed by atoms with van der Waals surface area (Å²) in [7, 11) is 0. The molecule has 0 fully saturated rings. The number of hydrogen-bond acceptors (Lipinski definition) is 3. The van der Waals surface area contributed by atoms with Gasteiger partial charge in [-0.15, -0.1) is 0 Å². The maximum absolute atomic E-state index is 13.0. The van der Waals surface area contributed by atoms with E-state index in [1.165, 1.54) is 0 Å². The maximum atomic E-state index is 13.0. The van der Waals surface area contributed by atoms with Crippen molar-refractivity contribution in [2.75, 3.05) is 6.61 Å². The molecule has 3 rings (SSSR count). The van der Waals surface area contributed by atoms with Crippen LogP contribution in [0.4, 0.5) is 4.79 Å².